The fraction of sp³-hybridized carbons (Fsp3) is 0.188. The Morgan fingerprint density at radius 3 is 2.61 bits per heavy atom. The molecule has 0 unspecified atom stereocenters. The highest BCUT2D eigenvalue weighted by Crippen LogP contribution is 2.27. The van der Waals surface area contributed by atoms with Crippen LogP contribution in [-0.2, 0) is 6.42 Å². The molecule has 4 N–H and O–H groups in total. The molecule has 0 saturated carbocycles. The molecule has 0 aliphatic carbocycles. The van der Waals surface area contributed by atoms with Crippen LogP contribution in [0.15, 0.2) is 30.5 Å². The van der Waals surface area contributed by atoms with Gasteiger partial charge < -0.3 is 20.9 Å². The lowest BCUT2D eigenvalue weighted by Gasteiger charge is -2.11. The molecule has 1 aromatic carbocycles. The SMILES string of the molecule is COc1ccc(OC)c(Cc2cnc3nc(N)nc(N)c3c2)c1. The number of nitrogens with two attached hydrogens (primary N) is 2. The summed E-state index contributed by atoms with van der Waals surface area (Å²) in [7, 11) is 3.27. The van der Waals surface area contributed by atoms with E-state index in [4.69, 9.17) is 20.9 Å². The van der Waals surface area contributed by atoms with Crippen LogP contribution in [0, 0.1) is 0 Å². The molecule has 0 amide bonds. The smallest absolute Gasteiger partial charge is 0.224 e. The Bertz CT molecular complexity index is 866. The van der Waals surface area contributed by atoms with Crippen molar-refractivity contribution >= 4 is 22.8 Å². The standard InChI is InChI=1S/C16H17N5O2/c1-22-11-3-4-13(23-2)10(7-11)5-9-6-12-14(17)20-16(18)21-15(12)19-8-9/h3-4,6-8H,5H2,1-2H3,(H4,17,18,19,20,21). The van der Waals surface area contributed by atoms with E-state index in [2.05, 4.69) is 15.0 Å². The number of hydrogen-bond donors (Lipinski definition) is 2. The molecule has 0 aliphatic heterocycles. The van der Waals surface area contributed by atoms with Crippen molar-refractivity contribution in [3.05, 3.63) is 41.6 Å². The Labute approximate surface area is 133 Å². The van der Waals surface area contributed by atoms with Crippen LogP contribution >= 0.6 is 0 Å². The van der Waals surface area contributed by atoms with E-state index in [9.17, 15) is 0 Å². The minimum Gasteiger partial charge on any atom is -0.497 e. The molecule has 0 radical (unpaired) electrons. The number of hydrogen-bond acceptors (Lipinski definition) is 7. The maximum atomic E-state index is 5.91. The van der Waals surface area contributed by atoms with Gasteiger partial charge in [0, 0.05) is 18.2 Å². The normalized spacial score (nSPS) is 10.7. The van der Waals surface area contributed by atoms with Crippen molar-refractivity contribution in [2.24, 2.45) is 0 Å². The molecule has 23 heavy (non-hydrogen) atoms. The van der Waals surface area contributed by atoms with Gasteiger partial charge in [-0.1, -0.05) is 0 Å². The summed E-state index contributed by atoms with van der Waals surface area (Å²) in [5, 5.41) is 0.679. The molecule has 7 heteroatoms. The Morgan fingerprint density at radius 2 is 1.87 bits per heavy atom. The first-order chi connectivity index (χ1) is 11.1. The zero-order chi connectivity index (χ0) is 16.4. The van der Waals surface area contributed by atoms with Crippen LogP contribution in [0.25, 0.3) is 11.0 Å². The summed E-state index contributed by atoms with van der Waals surface area (Å²) in [5.74, 6) is 1.99. The van der Waals surface area contributed by atoms with Gasteiger partial charge in [-0.25, -0.2) is 4.98 Å². The van der Waals surface area contributed by atoms with Gasteiger partial charge >= 0.3 is 0 Å². The Hall–Kier alpha value is -3.09. The summed E-state index contributed by atoms with van der Waals surface area (Å²) in [6.07, 6.45) is 2.36. The zero-order valence-electron chi connectivity index (χ0n) is 12.9. The number of anilines is 2. The topological polar surface area (TPSA) is 109 Å². The number of pyridine rings is 1. The summed E-state index contributed by atoms with van der Waals surface area (Å²) in [6.45, 7) is 0. The van der Waals surface area contributed by atoms with Gasteiger partial charge in [-0.15, -0.1) is 0 Å². The third-order valence-electron chi connectivity index (χ3n) is 3.54. The van der Waals surface area contributed by atoms with Crippen molar-refractivity contribution in [1.29, 1.82) is 0 Å². The molecule has 0 fully saturated rings. The van der Waals surface area contributed by atoms with Gasteiger partial charge in [0.1, 0.15) is 17.3 Å². The van der Waals surface area contributed by atoms with Crippen LogP contribution in [0.5, 0.6) is 11.5 Å². The van der Waals surface area contributed by atoms with E-state index in [1.807, 2.05) is 24.3 Å². The van der Waals surface area contributed by atoms with E-state index < -0.39 is 0 Å². The minimum absolute atomic E-state index is 0.115. The molecule has 3 aromatic rings. The van der Waals surface area contributed by atoms with Crippen LogP contribution < -0.4 is 20.9 Å². The summed E-state index contributed by atoms with van der Waals surface area (Å²) in [5.41, 5.74) is 13.9. The molecule has 2 heterocycles. The molecule has 7 nitrogen and oxygen atoms in total. The lowest BCUT2D eigenvalue weighted by molar-refractivity contribution is 0.399. The molecule has 0 aliphatic rings. The second kappa shape index (κ2) is 5.96. The molecule has 3 rings (SSSR count). The number of benzene rings is 1. The van der Waals surface area contributed by atoms with Crippen LogP contribution in [0.2, 0.25) is 0 Å². The van der Waals surface area contributed by atoms with Gasteiger partial charge in [-0.2, -0.15) is 9.97 Å². The highest BCUT2D eigenvalue weighted by molar-refractivity contribution is 5.86. The number of nitrogen functional groups attached to an aromatic ring is 2. The maximum Gasteiger partial charge on any atom is 0.224 e. The number of aromatic nitrogens is 3. The monoisotopic (exact) mass is 311 g/mol. The number of ether oxygens (including phenoxy) is 2. The number of rotatable bonds is 4. The Morgan fingerprint density at radius 1 is 1.04 bits per heavy atom. The van der Waals surface area contributed by atoms with Crippen molar-refractivity contribution in [2.75, 3.05) is 25.7 Å². The highest BCUT2D eigenvalue weighted by atomic mass is 16.5. The van der Waals surface area contributed by atoms with Gasteiger partial charge in [0.25, 0.3) is 0 Å². The molecular formula is C16H17N5O2. The first kappa shape index (κ1) is 14.8. The van der Waals surface area contributed by atoms with E-state index in [0.29, 0.717) is 23.3 Å². The number of nitrogens with zero attached hydrogens (tertiary/aromatic N) is 3. The molecule has 2 aromatic heterocycles. The minimum atomic E-state index is 0.115. The third-order valence-corrected chi connectivity index (χ3v) is 3.54. The zero-order valence-corrected chi connectivity index (χ0v) is 12.9. The predicted molar refractivity (Wildman–Crippen MR) is 88.5 cm³/mol. The lowest BCUT2D eigenvalue weighted by Crippen LogP contribution is -2.02. The summed E-state index contributed by atoms with van der Waals surface area (Å²) in [4.78, 5) is 12.4. The van der Waals surface area contributed by atoms with E-state index in [1.165, 1.54) is 0 Å². The summed E-state index contributed by atoms with van der Waals surface area (Å²) >= 11 is 0. The van der Waals surface area contributed by atoms with Gasteiger partial charge in [0.05, 0.1) is 19.6 Å². The maximum absolute atomic E-state index is 5.91. The van der Waals surface area contributed by atoms with Crippen LogP contribution in [0.4, 0.5) is 11.8 Å². The fourth-order valence-electron chi connectivity index (χ4n) is 2.43. The largest absolute Gasteiger partial charge is 0.497 e. The molecule has 0 bridgehead atoms. The van der Waals surface area contributed by atoms with Crippen molar-refractivity contribution < 1.29 is 9.47 Å². The lowest BCUT2D eigenvalue weighted by atomic mass is 10.0. The average Bonchev–Trinajstić information content (AvgIpc) is 2.55. The first-order valence-corrected chi connectivity index (χ1v) is 6.99. The molecule has 118 valence electrons. The third kappa shape index (κ3) is 2.94. The van der Waals surface area contributed by atoms with Crippen molar-refractivity contribution in [3.63, 3.8) is 0 Å². The van der Waals surface area contributed by atoms with Gasteiger partial charge in [0.15, 0.2) is 5.65 Å². The van der Waals surface area contributed by atoms with Crippen molar-refractivity contribution in [1.82, 2.24) is 15.0 Å². The van der Waals surface area contributed by atoms with Gasteiger partial charge in [0.2, 0.25) is 5.95 Å². The summed E-state index contributed by atoms with van der Waals surface area (Å²) < 4.78 is 10.7. The predicted octanol–water partition coefficient (Wildman–Crippen LogP) is 1.80. The van der Waals surface area contributed by atoms with Crippen molar-refractivity contribution in [3.8, 4) is 11.5 Å². The van der Waals surface area contributed by atoms with Gasteiger partial charge in [-0.3, -0.25) is 0 Å². The van der Waals surface area contributed by atoms with E-state index in [1.54, 1.807) is 20.4 Å². The van der Waals surface area contributed by atoms with E-state index in [-0.39, 0.29) is 5.95 Å². The summed E-state index contributed by atoms with van der Waals surface area (Å²) in [6, 6.07) is 7.58. The molecule has 0 atom stereocenters. The number of fused-ring (bicyclic) bond motifs is 1. The van der Waals surface area contributed by atoms with E-state index in [0.717, 1.165) is 22.6 Å². The number of methoxy groups -OCH3 is 2. The molecular weight excluding hydrogens is 294 g/mol. The molecule has 0 saturated heterocycles. The Balaban J connectivity index is 2.01. The average molecular weight is 311 g/mol. The Kier molecular flexibility index (Phi) is 3.84. The second-order valence-electron chi connectivity index (χ2n) is 5.04. The van der Waals surface area contributed by atoms with E-state index >= 15 is 0 Å². The highest BCUT2D eigenvalue weighted by Gasteiger charge is 2.10. The first-order valence-electron chi connectivity index (χ1n) is 6.99. The van der Waals surface area contributed by atoms with Crippen LogP contribution in [-0.4, -0.2) is 29.2 Å². The fourth-order valence-corrected chi connectivity index (χ4v) is 2.43. The van der Waals surface area contributed by atoms with Crippen LogP contribution in [0.3, 0.4) is 0 Å². The van der Waals surface area contributed by atoms with Crippen molar-refractivity contribution in [2.45, 2.75) is 6.42 Å². The van der Waals surface area contributed by atoms with Crippen LogP contribution in [0.1, 0.15) is 11.1 Å². The quantitative estimate of drug-likeness (QED) is 0.756. The molecule has 0 spiro atoms. The van der Waals surface area contributed by atoms with Gasteiger partial charge in [-0.05, 0) is 29.8 Å². The second-order valence-corrected chi connectivity index (χ2v) is 5.04.